The van der Waals surface area contributed by atoms with Crippen molar-refractivity contribution in [2.75, 3.05) is 5.32 Å². The molecule has 1 rings (SSSR count). The van der Waals surface area contributed by atoms with Crippen LogP contribution in [0.25, 0.3) is 0 Å². The van der Waals surface area contributed by atoms with Crippen molar-refractivity contribution >= 4 is 17.1 Å². The first-order valence-corrected chi connectivity index (χ1v) is 10.7. The minimum absolute atomic E-state index is 0.185. The van der Waals surface area contributed by atoms with E-state index in [1.807, 2.05) is 27.7 Å². The molecule has 0 aliphatic heterocycles. The molecule has 0 aromatic heterocycles. The van der Waals surface area contributed by atoms with Crippen LogP contribution in [0.5, 0.6) is 0 Å². The maximum absolute atomic E-state index is 11.6. The van der Waals surface area contributed by atoms with Crippen LogP contribution in [-0.4, -0.2) is 33.0 Å². The summed E-state index contributed by atoms with van der Waals surface area (Å²) < 4.78 is 0. The zero-order valence-corrected chi connectivity index (χ0v) is 20.6. The summed E-state index contributed by atoms with van der Waals surface area (Å²) in [5.74, 6) is 0. The first kappa shape index (κ1) is 27.7. The van der Waals surface area contributed by atoms with Crippen molar-refractivity contribution in [2.24, 2.45) is 28.0 Å². The van der Waals surface area contributed by atoms with Gasteiger partial charge in [0, 0.05) is 29.2 Å². The van der Waals surface area contributed by atoms with Gasteiger partial charge in [-0.15, -0.1) is 0 Å². The van der Waals surface area contributed by atoms with E-state index in [1.165, 1.54) is 12.1 Å². The van der Waals surface area contributed by atoms with Crippen LogP contribution in [0, 0.1) is 31.1 Å². The van der Waals surface area contributed by atoms with Gasteiger partial charge in [-0.1, -0.05) is 27.7 Å². The van der Waals surface area contributed by atoms with Gasteiger partial charge in [-0.05, 0) is 57.4 Å². The zero-order valence-electron chi connectivity index (χ0n) is 20.6. The van der Waals surface area contributed by atoms with Crippen LogP contribution in [0.2, 0.25) is 0 Å². The molecule has 0 heterocycles. The van der Waals surface area contributed by atoms with Gasteiger partial charge >= 0.3 is 0 Å². The molecule has 0 amide bonds. The van der Waals surface area contributed by atoms with E-state index in [-0.39, 0.29) is 40.0 Å². The number of rotatable bonds is 11. The number of nitrogens with zero attached hydrogens (tertiary/aromatic N) is 2. The maximum Gasteiger partial charge on any atom is 0.299 e. The summed E-state index contributed by atoms with van der Waals surface area (Å²) in [5.41, 5.74) is 16.9. The molecule has 0 radical (unpaired) electrons. The molecular weight excluding hydrogens is 412 g/mol. The lowest BCUT2D eigenvalue weighted by atomic mass is 9.59. The first-order chi connectivity index (χ1) is 14.2. The summed E-state index contributed by atoms with van der Waals surface area (Å²) in [7, 11) is 0. The van der Waals surface area contributed by atoms with Crippen LogP contribution in [0.15, 0.2) is 18.2 Å². The summed E-state index contributed by atoms with van der Waals surface area (Å²) in [5, 5.41) is 25.8. The lowest BCUT2D eigenvalue weighted by Crippen LogP contribution is -2.56. The minimum atomic E-state index is -0.750. The molecule has 1 aromatic rings. The summed E-state index contributed by atoms with van der Waals surface area (Å²) in [6.45, 7) is 16.0. The Labute approximate surface area is 190 Å². The Balaban J connectivity index is 3.32. The van der Waals surface area contributed by atoms with Gasteiger partial charge in [0.15, 0.2) is 0 Å². The van der Waals surface area contributed by atoms with Gasteiger partial charge in [0.05, 0.1) is 15.9 Å². The van der Waals surface area contributed by atoms with Gasteiger partial charge in [-0.25, -0.2) is 0 Å². The molecule has 0 fully saturated rings. The van der Waals surface area contributed by atoms with Gasteiger partial charge in [0.25, 0.3) is 11.4 Å². The minimum Gasteiger partial charge on any atom is -0.375 e. The molecule has 32 heavy (non-hydrogen) atoms. The first-order valence-electron chi connectivity index (χ1n) is 10.7. The van der Waals surface area contributed by atoms with Gasteiger partial charge in [0.2, 0.25) is 0 Å². The number of benzene rings is 1. The summed E-state index contributed by atoms with van der Waals surface area (Å²) in [6.07, 6.45) is 1.18. The lowest BCUT2D eigenvalue weighted by molar-refractivity contribution is -0.393. The molecule has 0 saturated heterocycles. The van der Waals surface area contributed by atoms with Gasteiger partial charge in [0.1, 0.15) is 5.69 Å². The average Bonchev–Trinajstić information content (AvgIpc) is 2.58. The predicted octanol–water partition coefficient (Wildman–Crippen LogP) is 3.92. The topological polar surface area (TPSA) is 176 Å². The summed E-state index contributed by atoms with van der Waals surface area (Å²) in [6, 6.07) is 2.99. The molecular formula is C22H40N6O4. The number of hydrogen-bond donors (Lipinski definition) is 4. The van der Waals surface area contributed by atoms with E-state index >= 15 is 0 Å². The lowest BCUT2D eigenvalue weighted by Gasteiger charge is -2.50. The number of nitro benzene ring substituents is 2. The molecule has 0 aliphatic rings. The van der Waals surface area contributed by atoms with E-state index < -0.39 is 20.9 Å². The van der Waals surface area contributed by atoms with Gasteiger partial charge in [-0.2, -0.15) is 0 Å². The third-order valence-electron chi connectivity index (χ3n) is 6.75. The van der Waals surface area contributed by atoms with Crippen LogP contribution in [0.1, 0.15) is 68.2 Å². The highest BCUT2D eigenvalue weighted by molar-refractivity contribution is 5.66. The third-order valence-corrected chi connectivity index (χ3v) is 6.75. The second-order valence-corrected chi connectivity index (χ2v) is 11.3. The third kappa shape index (κ3) is 6.85. The molecule has 0 aliphatic carbocycles. The van der Waals surface area contributed by atoms with Crippen LogP contribution in [0.3, 0.4) is 0 Å². The number of hydrogen-bond acceptors (Lipinski definition) is 8. The molecule has 10 nitrogen and oxygen atoms in total. The van der Waals surface area contributed by atoms with Gasteiger partial charge < -0.3 is 22.5 Å². The fourth-order valence-electron chi connectivity index (χ4n) is 3.69. The molecule has 1 aromatic carbocycles. The molecule has 0 bridgehead atoms. The highest BCUT2D eigenvalue weighted by Crippen LogP contribution is 2.47. The van der Waals surface area contributed by atoms with Crippen molar-refractivity contribution in [3.05, 3.63) is 38.4 Å². The Morgan fingerprint density at radius 2 is 1.47 bits per heavy atom. The fraction of sp³-hybridized carbons (Fsp3) is 0.727. The zero-order chi connectivity index (χ0) is 25.3. The van der Waals surface area contributed by atoms with E-state index in [2.05, 4.69) is 33.0 Å². The smallest absolute Gasteiger partial charge is 0.299 e. The number of nitrogens with one attached hydrogen (secondary N) is 1. The molecule has 0 spiro atoms. The van der Waals surface area contributed by atoms with Crippen molar-refractivity contribution in [2.45, 2.75) is 91.4 Å². The van der Waals surface area contributed by atoms with Crippen LogP contribution < -0.4 is 22.5 Å². The summed E-state index contributed by atoms with van der Waals surface area (Å²) >= 11 is 0. The van der Waals surface area contributed by atoms with Gasteiger partial charge in [-0.3, -0.25) is 20.2 Å². The average molecular weight is 453 g/mol. The monoisotopic (exact) mass is 452 g/mol. The maximum atomic E-state index is 11.6. The van der Waals surface area contributed by atoms with Crippen LogP contribution >= 0.6 is 0 Å². The van der Waals surface area contributed by atoms with E-state index in [1.54, 1.807) is 0 Å². The van der Waals surface area contributed by atoms with E-state index in [4.69, 9.17) is 17.2 Å². The normalized spacial score (nSPS) is 15.2. The van der Waals surface area contributed by atoms with Crippen molar-refractivity contribution in [3.63, 3.8) is 0 Å². The highest BCUT2D eigenvalue weighted by Gasteiger charge is 2.45. The number of anilines is 1. The Morgan fingerprint density at radius 3 is 1.88 bits per heavy atom. The Kier molecular flexibility index (Phi) is 8.05. The second-order valence-electron chi connectivity index (χ2n) is 11.3. The quantitative estimate of drug-likeness (QED) is 0.288. The van der Waals surface area contributed by atoms with E-state index in [9.17, 15) is 20.2 Å². The van der Waals surface area contributed by atoms with Crippen molar-refractivity contribution in [1.82, 2.24) is 0 Å². The van der Waals surface area contributed by atoms with Crippen molar-refractivity contribution < 1.29 is 9.85 Å². The number of non-ortho nitro benzene ring substituents is 1. The molecule has 2 atom stereocenters. The highest BCUT2D eigenvalue weighted by atomic mass is 16.6. The Hall–Kier alpha value is -2.30. The number of nitro groups is 2. The predicted molar refractivity (Wildman–Crippen MR) is 128 cm³/mol. The fourth-order valence-corrected chi connectivity index (χ4v) is 3.69. The molecule has 182 valence electrons. The molecule has 10 heteroatoms. The molecule has 0 saturated carbocycles. The van der Waals surface area contributed by atoms with Crippen LogP contribution in [0.4, 0.5) is 17.1 Å². The molecule has 2 unspecified atom stereocenters. The van der Waals surface area contributed by atoms with E-state index in [0.29, 0.717) is 12.8 Å². The summed E-state index contributed by atoms with van der Waals surface area (Å²) in [4.78, 5) is 21.3. The van der Waals surface area contributed by atoms with Crippen molar-refractivity contribution in [1.29, 1.82) is 0 Å². The van der Waals surface area contributed by atoms with Crippen molar-refractivity contribution in [3.8, 4) is 0 Å². The Bertz CT molecular complexity index is 840. The largest absolute Gasteiger partial charge is 0.375 e. The standard InChI is InChI=1S/C22H40N6O4/c1-19(2,21(5,6)17(23)12-20(3,4)24)13-18(22(7,8)25)26-15-10-9-14(27(29)30)11-16(15)28(31)32/h9-11,17-18,26H,12-13,23-25H2,1-8H3. The molecule has 7 N–H and O–H groups in total. The second kappa shape index (κ2) is 9.29. The SMILES string of the molecule is CC(C)(N)CC(N)C(C)(C)C(C)(C)CC(Nc1ccc([N+](=O)[O-])cc1[N+](=O)[O-])C(C)(C)N. The van der Waals surface area contributed by atoms with E-state index in [0.717, 1.165) is 6.07 Å². The van der Waals surface area contributed by atoms with Crippen LogP contribution in [-0.2, 0) is 0 Å². The Morgan fingerprint density at radius 1 is 0.938 bits per heavy atom. The number of nitrogens with two attached hydrogens (primary N) is 3.